The van der Waals surface area contributed by atoms with Crippen molar-refractivity contribution in [2.24, 2.45) is 5.73 Å². The topological polar surface area (TPSA) is 92.4 Å². The number of benzene rings is 1. The molecule has 1 amide bonds. The molecule has 0 aliphatic heterocycles. The van der Waals surface area contributed by atoms with E-state index >= 15 is 0 Å². The Bertz CT molecular complexity index is 472. The van der Waals surface area contributed by atoms with Crippen molar-refractivity contribution in [3.63, 3.8) is 0 Å². The number of hydrogen-bond acceptors (Lipinski definition) is 3. The number of hydrogen-bond donors (Lipinski definition) is 3. The summed E-state index contributed by atoms with van der Waals surface area (Å²) < 4.78 is 0. The lowest BCUT2D eigenvalue weighted by Gasteiger charge is -2.23. The summed E-state index contributed by atoms with van der Waals surface area (Å²) in [5.74, 6) is -1.70. The number of primary amides is 1. The van der Waals surface area contributed by atoms with E-state index in [0.717, 1.165) is 0 Å². The summed E-state index contributed by atoms with van der Waals surface area (Å²) in [5.41, 5.74) is 4.46. The molecule has 0 radical (unpaired) electrons. The predicted octanol–water partition coefficient (Wildman–Crippen LogP) is 1.71. The first-order valence-electron chi connectivity index (χ1n) is 4.85. The fourth-order valence-electron chi connectivity index (χ4n) is 1.22. The molecular formula is C11H13ClN2O3. The van der Waals surface area contributed by atoms with Crippen LogP contribution in [0.3, 0.4) is 0 Å². The summed E-state index contributed by atoms with van der Waals surface area (Å²) >= 11 is 5.79. The standard InChI is InChI=1S/C11H13ClN2O3/c1-11(2,10(16)17)14-8-5-6(12)3-4-7(8)9(13)15/h3-5,14H,1-2H3,(H2,13,15)(H,16,17). The van der Waals surface area contributed by atoms with Gasteiger partial charge in [0.1, 0.15) is 5.54 Å². The summed E-state index contributed by atoms with van der Waals surface area (Å²) in [7, 11) is 0. The van der Waals surface area contributed by atoms with Crippen molar-refractivity contribution in [3.05, 3.63) is 28.8 Å². The van der Waals surface area contributed by atoms with E-state index in [-0.39, 0.29) is 5.56 Å². The summed E-state index contributed by atoms with van der Waals surface area (Å²) in [4.78, 5) is 22.2. The third-order valence-electron chi connectivity index (χ3n) is 2.23. The average Bonchev–Trinajstić information content (AvgIpc) is 2.15. The number of halogens is 1. The highest BCUT2D eigenvalue weighted by Crippen LogP contribution is 2.24. The minimum atomic E-state index is -1.23. The van der Waals surface area contributed by atoms with Gasteiger partial charge in [0.2, 0.25) is 0 Å². The van der Waals surface area contributed by atoms with Gasteiger partial charge in [0.05, 0.1) is 5.56 Å². The molecule has 0 aliphatic carbocycles. The molecule has 5 nitrogen and oxygen atoms in total. The lowest BCUT2D eigenvalue weighted by Crippen LogP contribution is -2.40. The molecule has 0 fully saturated rings. The van der Waals surface area contributed by atoms with Crippen LogP contribution in [0.2, 0.25) is 5.02 Å². The smallest absolute Gasteiger partial charge is 0.328 e. The summed E-state index contributed by atoms with van der Waals surface area (Å²) in [6, 6.07) is 4.43. The SMILES string of the molecule is CC(C)(Nc1cc(Cl)ccc1C(N)=O)C(=O)O. The van der Waals surface area contributed by atoms with Crippen LogP contribution < -0.4 is 11.1 Å². The zero-order valence-corrected chi connectivity index (χ0v) is 10.2. The number of carbonyl (C=O) groups is 2. The number of carbonyl (C=O) groups excluding carboxylic acids is 1. The number of amides is 1. The Hall–Kier alpha value is -1.75. The molecule has 0 heterocycles. The summed E-state index contributed by atoms with van der Waals surface area (Å²) in [6.07, 6.45) is 0. The molecular weight excluding hydrogens is 244 g/mol. The molecule has 0 aliphatic rings. The van der Waals surface area contributed by atoms with Crippen LogP contribution in [0, 0.1) is 0 Å². The molecule has 17 heavy (non-hydrogen) atoms. The van der Waals surface area contributed by atoms with Gasteiger partial charge >= 0.3 is 5.97 Å². The van der Waals surface area contributed by atoms with E-state index in [2.05, 4.69) is 5.32 Å². The molecule has 0 atom stereocenters. The van der Waals surface area contributed by atoms with Crippen molar-refractivity contribution in [2.45, 2.75) is 19.4 Å². The van der Waals surface area contributed by atoms with E-state index in [1.807, 2.05) is 0 Å². The van der Waals surface area contributed by atoms with Crippen molar-refractivity contribution in [1.82, 2.24) is 0 Å². The van der Waals surface area contributed by atoms with Crippen LogP contribution in [0.5, 0.6) is 0 Å². The third-order valence-corrected chi connectivity index (χ3v) is 2.46. The van der Waals surface area contributed by atoms with Gasteiger partial charge in [-0.2, -0.15) is 0 Å². The van der Waals surface area contributed by atoms with Gasteiger partial charge in [0, 0.05) is 10.7 Å². The second-order valence-corrected chi connectivity index (χ2v) is 4.55. The zero-order valence-electron chi connectivity index (χ0n) is 9.45. The van der Waals surface area contributed by atoms with Gasteiger partial charge in [-0.25, -0.2) is 4.79 Å². The van der Waals surface area contributed by atoms with E-state index in [9.17, 15) is 9.59 Å². The van der Waals surface area contributed by atoms with E-state index in [1.165, 1.54) is 32.0 Å². The van der Waals surface area contributed by atoms with Gasteiger partial charge in [-0.1, -0.05) is 11.6 Å². The molecule has 1 aromatic rings. The predicted molar refractivity (Wildman–Crippen MR) is 65.3 cm³/mol. The van der Waals surface area contributed by atoms with Gasteiger partial charge in [-0.05, 0) is 32.0 Å². The molecule has 0 aromatic heterocycles. The van der Waals surface area contributed by atoms with Gasteiger partial charge < -0.3 is 16.2 Å². The van der Waals surface area contributed by atoms with Crippen molar-refractivity contribution in [1.29, 1.82) is 0 Å². The maximum Gasteiger partial charge on any atom is 0.328 e. The first-order chi connectivity index (χ1) is 7.74. The van der Waals surface area contributed by atoms with Crippen LogP contribution in [0.1, 0.15) is 24.2 Å². The fraction of sp³-hybridized carbons (Fsp3) is 0.273. The first-order valence-corrected chi connectivity index (χ1v) is 5.23. The zero-order chi connectivity index (χ0) is 13.2. The lowest BCUT2D eigenvalue weighted by atomic mass is 10.0. The van der Waals surface area contributed by atoms with Gasteiger partial charge in [0.15, 0.2) is 0 Å². The number of nitrogens with two attached hydrogens (primary N) is 1. The number of anilines is 1. The van der Waals surface area contributed by atoms with Crippen LogP contribution in [0.25, 0.3) is 0 Å². The molecule has 1 rings (SSSR count). The normalized spacial score (nSPS) is 11.0. The monoisotopic (exact) mass is 256 g/mol. The number of carboxylic acid groups (broad SMARTS) is 1. The number of aliphatic carboxylic acids is 1. The molecule has 92 valence electrons. The highest BCUT2D eigenvalue weighted by Gasteiger charge is 2.28. The Labute approximate surface area is 104 Å². The van der Waals surface area contributed by atoms with Crippen LogP contribution in [-0.2, 0) is 4.79 Å². The highest BCUT2D eigenvalue weighted by molar-refractivity contribution is 6.31. The van der Waals surface area contributed by atoms with Crippen molar-refractivity contribution in [3.8, 4) is 0 Å². The maximum absolute atomic E-state index is 11.2. The molecule has 0 spiro atoms. The Morgan fingerprint density at radius 2 is 2.00 bits per heavy atom. The summed E-state index contributed by atoms with van der Waals surface area (Å²) in [6.45, 7) is 2.95. The van der Waals surface area contributed by atoms with Gasteiger partial charge in [-0.3, -0.25) is 4.79 Å². The number of rotatable bonds is 4. The molecule has 6 heteroatoms. The Balaban J connectivity index is 3.17. The van der Waals surface area contributed by atoms with Crippen molar-refractivity contribution < 1.29 is 14.7 Å². The van der Waals surface area contributed by atoms with Crippen LogP contribution in [0.4, 0.5) is 5.69 Å². The second kappa shape index (κ2) is 4.63. The van der Waals surface area contributed by atoms with Crippen molar-refractivity contribution >= 4 is 29.2 Å². The molecule has 4 N–H and O–H groups in total. The third kappa shape index (κ3) is 3.10. The Morgan fingerprint density at radius 3 is 2.47 bits per heavy atom. The van der Waals surface area contributed by atoms with Gasteiger partial charge in [0.25, 0.3) is 5.91 Å². The molecule has 0 bridgehead atoms. The molecule has 0 saturated heterocycles. The van der Waals surface area contributed by atoms with Crippen LogP contribution >= 0.6 is 11.6 Å². The second-order valence-electron chi connectivity index (χ2n) is 4.11. The van der Waals surface area contributed by atoms with E-state index in [1.54, 1.807) is 0 Å². The largest absolute Gasteiger partial charge is 0.480 e. The van der Waals surface area contributed by atoms with E-state index in [4.69, 9.17) is 22.4 Å². The van der Waals surface area contributed by atoms with E-state index in [0.29, 0.717) is 10.7 Å². The van der Waals surface area contributed by atoms with Gasteiger partial charge in [-0.15, -0.1) is 0 Å². The number of carboxylic acids is 1. The molecule has 0 saturated carbocycles. The van der Waals surface area contributed by atoms with E-state index < -0.39 is 17.4 Å². The minimum Gasteiger partial charge on any atom is -0.480 e. The maximum atomic E-state index is 11.2. The summed E-state index contributed by atoms with van der Waals surface area (Å²) in [5, 5.41) is 12.1. The molecule has 0 unspecified atom stereocenters. The van der Waals surface area contributed by atoms with Crippen LogP contribution in [-0.4, -0.2) is 22.5 Å². The Morgan fingerprint density at radius 1 is 1.41 bits per heavy atom. The Kier molecular flexibility index (Phi) is 3.63. The van der Waals surface area contributed by atoms with Crippen LogP contribution in [0.15, 0.2) is 18.2 Å². The fourth-order valence-corrected chi connectivity index (χ4v) is 1.40. The highest BCUT2D eigenvalue weighted by atomic mass is 35.5. The minimum absolute atomic E-state index is 0.198. The molecule has 1 aromatic carbocycles. The number of nitrogens with one attached hydrogen (secondary N) is 1. The quantitative estimate of drug-likeness (QED) is 0.765. The first kappa shape index (κ1) is 13.3. The lowest BCUT2D eigenvalue weighted by molar-refractivity contribution is -0.141. The average molecular weight is 257 g/mol. The van der Waals surface area contributed by atoms with Crippen molar-refractivity contribution in [2.75, 3.05) is 5.32 Å².